The Hall–Kier alpha value is -3.13. The highest BCUT2D eigenvalue weighted by Crippen LogP contribution is 2.36. The molecule has 0 spiro atoms. The van der Waals surface area contributed by atoms with Crippen LogP contribution in [0.2, 0.25) is 0 Å². The highest BCUT2D eigenvalue weighted by Gasteiger charge is 2.14. The molecule has 148 valence electrons. The molecule has 0 unspecified atom stereocenters. The molecule has 0 saturated heterocycles. The highest BCUT2D eigenvalue weighted by molar-refractivity contribution is 5.87. The first-order valence-electron chi connectivity index (χ1n) is 8.87. The van der Waals surface area contributed by atoms with Gasteiger partial charge in [0, 0.05) is 31.5 Å². The van der Waals surface area contributed by atoms with Crippen LogP contribution >= 0.6 is 0 Å². The number of aliphatic hydroxyl groups excluding tert-OH is 1. The molecule has 2 aromatic carbocycles. The summed E-state index contributed by atoms with van der Waals surface area (Å²) in [4.78, 5) is 8.38. The van der Waals surface area contributed by atoms with Crippen molar-refractivity contribution in [3.8, 4) is 23.1 Å². The smallest absolute Gasteiger partial charge is 0.230 e. The molecule has 1 aromatic heterocycles. The monoisotopic (exact) mass is 387 g/mol. The molecule has 0 aliphatic rings. The first-order valence-corrected chi connectivity index (χ1v) is 8.87. The number of rotatable bonds is 9. The lowest BCUT2D eigenvalue weighted by Crippen LogP contribution is -2.01. The Morgan fingerprint density at radius 2 is 1.93 bits per heavy atom. The van der Waals surface area contributed by atoms with Gasteiger partial charge >= 0.3 is 0 Å². The average Bonchev–Trinajstić information content (AvgIpc) is 2.72. The zero-order chi connectivity index (χ0) is 19.9. The van der Waals surface area contributed by atoms with Crippen LogP contribution in [0.15, 0.2) is 36.7 Å². The van der Waals surface area contributed by atoms with Crippen molar-refractivity contribution in [2.24, 2.45) is 0 Å². The Balaban J connectivity index is 1.91. The van der Waals surface area contributed by atoms with Crippen LogP contribution in [0, 0.1) is 5.82 Å². The molecule has 2 N–H and O–H groups in total. The van der Waals surface area contributed by atoms with Crippen molar-refractivity contribution in [3.05, 3.63) is 42.5 Å². The third-order valence-electron chi connectivity index (χ3n) is 4.12. The van der Waals surface area contributed by atoms with Gasteiger partial charge < -0.3 is 24.6 Å². The Kier molecular flexibility index (Phi) is 6.44. The van der Waals surface area contributed by atoms with Gasteiger partial charge in [-0.3, -0.25) is 0 Å². The zero-order valence-electron chi connectivity index (χ0n) is 15.7. The summed E-state index contributed by atoms with van der Waals surface area (Å²) < 4.78 is 31.1. The Labute approximate surface area is 162 Å². The fraction of sp³-hybridized carbons (Fsp3) is 0.300. The van der Waals surface area contributed by atoms with Gasteiger partial charge in [-0.25, -0.2) is 14.4 Å². The average molecular weight is 387 g/mol. The SMILES string of the molecule is CNc1ccc(Oc2ncnc3cc(OCCCCO)c(OC)cc23)c(F)c1. The Morgan fingerprint density at radius 1 is 1.07 bits per heavy atom. The fourth-order valence-corrected chi connectivity index (χ4v) is 2.63. The first kappa shape index (κ1) is 19.6. The van der Waals surface area contributed by atoms with Crippen LogP contribution in [0.5, 0.6) is 23.1 Å². The number of aromatic nitrogens is 2. The molecule has 0 atom stereocenters. The topological polar surface area (TPSA) is 85.7 Å². The second-order valence-corrected chi connectivity index (χ2v) is 5.98. The van der Waals surface area contributed by atoms with Crippen molar-refractivity contribution in [3.63, 3.8) is 0 Å². The quantitative estimate of drug-likeness (QED) is 0.541. The molecule has 0 fully saturated rings. The van der Waals surface area contributed by atoms with E-state index in [0.717, 1.165) is 6.42 Å². The Bertz CT molecular complexity index is 952. The highest BCUT2D eigenvalue weighted by atomic mass is 19.1. The summed E-state index contributed by atoms with van der Waals surface area (Å²) in [6.45, 7) is 0.567. The lowest BCUT2D eigenvalue weighted by atomic mass is 10.2. The van der Waals surface area contributed by atoms with Crippen molar-refractivity contribution in [1.29, 1.82) is 0 Å². The minimum absolute atomic E-state index is 0.0577. The van der Waals surface area contributed by atoms with E-state index in [9.17, 15) is 4.39 Å². The minimum Gasteiger partial charge on any atom is -0.493 e. The molecular formula is C20H22FN3O4. The van der Waals surface area contributed by atoms with Crippen LogP contribution in [0.1, 0.15) is 12.8 Å². The van der Waals surface area contributed by atoms with Gasteiger partial charge in [0.2, 0.25) is 5.88 Å². The van der Waals surface area contributed by atoms with Crippen LogP contribution in [0.4, 0.5) is 10.1 Å². The second kappa shape index (κ2) is 9.18. The van der Waals surface area contributed by atoms with Crippen molar-refractivity contribution < 1.29 is 23.7 Å². The number of benzene rings is 2. The van der Waals surface area contributed by atoms with Crippen molar-refractivity contribution in [1.82, 2.24) is 9.97 Å². The maximum Gasteiger partial charge on any atom is 0.230 e. The van der Waals surface area contributed by atoms with Gasteiger partial charge in [-0.1, -0.05) is 0 Å². The number of halogens is 1. The van der Waals surface area contributed by atoms with Crippen LogP contribution < -0.4 is 19.5 Å². The molecule has 28 heavy (non-hydrogen) atoms. The molecule has 0 amide bonds. The minimum atomic E-state index is -0.505. The third kappa shape index (κ3) is 4.40. The van der Waals surface area contributed by atoms with E-state index >= 15 is 0 Å². The summed E-state index contributed by atoms with van der Waals surface area (Å²) in [7, 11) is 3.24. The van der Waals surface area contributed by atoms with Gasteiger partial charge in [-0.2, -0.15) is 0 Å². The summed E-state index contributed by atoms with van der Waals surface area (Å²) >= 11 is 0. The van der Waals surface area contributed by atoms with Gasteiger partial charge in [0.05, 0.1) is 24.6 Å². The summed E-state index contributed by atoms with van der Waals surface area (Å²) in [5, 5.41) is 12.3. The fourth-order valence-electron chi connectivity index (χ4n) is 2.63. The third-order valence-corrected chi connectivity index (χ3v) is 4.12. The molecule has 3 rings (SSSR count). The largest absolute Gasteiger partial charge is 0.493 e. The van der Waals surface area contributed by atoms with Crippen molar-refractivity contribution in [2.75, 3.05) is 32.7 Å². The van der Waals surface area contributed by atoms with E-state index in [4.69, 9.17) is 19.3 Å². The molecule has 7 nitrogen and oxygen atoms in total. The number of ether oxygens (including phenoxy) is 3. The molecule has 8 heteroatoms. The normalized spacial score (nSPS) is 10.7. The summed E-state index contributed by atoms with van der Waals surface area (Å²) in [5.74, 6) is 0.784. The zero-order valence-corrected chi connectivity index (χ0v) is 15.7. The number of anilines is 1. The number of methoxy groups -OCH3 is 1. The maximum absolute atomic E-state index is 14.3. The number of hydrogen-bond acceptors (Lipinski definition) is 7. The van der Waals surface area contributed by atoms with Crippen molar-refractivity contribution >= 4 is 16.6 Å². The van der Waals surface area contributed by atoms with E-state index in [1.807, 2.05) is 0 Å². The number of fused-ring (bicyclic) bond motifs is 1. The van der Waals surface area contributed by atoms with Gasteiger partial charge in [0.1, 0.15) is 6.33 Å². The number of nitrogens with zero attached hydrogens (tertiary/aromatic N) is 2. The van der Waals surface area contributed by atoms with E-state index < -0.39 is 5.82 Å². The van der Waals surface area contributed by atoms with Gasteiger partial charge in [-0.05, 0) is 31.0 Å². The number of nitrogens with one attached hydrogen (secondary N) is 1. The summed E-state index contributed by atoms with van der Waals surface area (Å²) in [6.07, 6.45) is 2.73. The predicted octanol–water partition coefficient (Wildman–Crippen LogP) is 3.76. The molecule has 1 heterocycles. The number of unbranched alkanes of at least 4 members (excludes halogenated alkanes) is 1. The summed E-state index contributed by atoms with van der Waals surface area (Å²) in [5.41, 5.74) is 1.22. The van der Waals surface area contributed by atoms with Gasteiger partial charge in [0.25, 0.3) is 0 Å². The van der Waals surface area contributed by atoms with E-state index in [1.54, 1.807) is 25.2 Å². The molecule has 0 radical (unpaired) electrons. The molecule has 0 aliphatic heterocycles. The molecule has 0 bridgehead atoms. The van der Waals surface area contributed by atoms with E-state index in [1.165, 1.54) is 25.6 Å². The number of hydrogen-bond donors (Lipinski definition) is 2. The second-order valence-electron chi connectivity index (χ2n) is 5.98. The van der Waals surface area contributed by atoms with Gasteiger partial charge in [-0.15, -0.1) is 0 Å². The molecule has 3 aromatic rings. The van der Waals surface area contributed by atoms with Crippen LogP contribution in [0.25, 0.3) is 10.9 Å². The standard InChI is InChI=1S/C20H22FN3O4/c1-22-13-5-6-17(15(21)9-13)28-20-14-10-18(26-2)19(27-8-4-3-7-25)11-16(14)23-12-24-20/h5-6,9-12,22,25H,3-4,7-8H2,1-2H3. The molecule has 0 aliphatic carbocycles. The van der Waals surface area contributed by atoms with Gasteiger partial charge in [0.15, 0.2) is 23.1 Å². The van der Waals surface area contributed by atoms with E-state index in [2.05, 4.69) is 15.3 Å². The van der Waals surface area contributed by atoms with E-state index in [0.29, 0.717) is 41.1 Å². The Morgan fingerprint density at radius 3 is 2.64 bits per heavy atom. The number of aliphatic hydroxyl groups is 1. The predicted molar refractivity (Wildman–Crippen MR) is 104 cm³/mol. The first-order chi connectivity index (χ1) is 13.7. The molecule has 0 saturated carbocycles. The van der Waals surface area contributed by atoms with Crippen LogP contribution in [-0.4, -0.2) is 42.4 Å². The summed E-state index contributed by atoms with van der Waals surface area (Å²) in [6, 6.07) is 8.01. The lowest BCUT2D eigenvalue weighted by Gasteiger charge is -2.13. The van der Waals surface area contributed by atoms with Crippen LogP contribution in [0.3, 0.4) is 0 Å². The van der Waals surface area contributed by atoms with Crippen molar-refractivity contribution in [2.45, 2.75) is 12.8 Å². The lowest BCUT2D eigenvalue weighted by molar-refractivity contribution is 0.247. The maximum atomic E-state index is 14.3. The molecular weight excluding hydrogens is 365 g/mol. The van der Waals surface area contributed by atoms with E-state index in [-0.39, 0.29) is 18.2 Å². The van der Waals surface area contributed by atoms with Crippen LogP contribution in [-0.2, 0) is 0 Å².